The Hall–Kier alpha value is -2.20. The molecule has 1 N–H and O–H groups in total. The Kier molecular flexibility index (Phi) is 4.64. The standard InChI is InChI=1S/C15H15NO3/c17-10-2-3-12-5-7-14(8-6-12)19-15-13(11-18)4-1-9-16-15/h1,4-9,11,17H,2-3,10H2. The molecular formula is C15H15NO3. The second-order valence-electron chi connectivity index (χ2n) is 4.09. The number of aldehydes is 1. The fraction of sp³-hybridized carbons (Fsp3) is 0.200. The fourth-order valence-electron chi connectivity index (χ4n) is 1.70. The lowest BCUT2D eigenvalue weighted by molar-refractivity contribution is 0.112. The minimum Gasteiger partial charge on any atom is -0.438 e. The number of carbonyl (C=O) groups is 1. The molecule has 0 saturated heterocycles. The molecule has 0 saturated carbocycles. The van der Waals surface area contributed by atoms with Crippen molar-refractivity contribution in [3.63, 3.8) is 0 Å². The van der Waals surface area contributed by atoms with Gasteiger partial charge in [-0.05, 0) is 42.7 Å². The number of hydrogen-bond acceptors (Lipinski definition) is 4. The lowest BCUT2D eigenvalue weighted by Crippen LogP contribution is -1.94. The van der Waals surface area contributed by atoms with E-state index in [-0.39, 0.29) is 6.61 Å². The monoisotopic (exact) mass is 257 g/mol. The molecule has 19 heavy (non-hydrogen) atoms. The molecule has 2 rings (SSSR count). The van der Waals surface area contributed by atoms with Crippen molar-refractivity contribution in [2.45, 2.75) is 12.8 Å². The summed E-state index contributed by atoms with van der Waals surface area (Å²) in [7, 11) is 0. The molecule has 0 aliphatic heterocycles. The van der Waals surface area contributed by atoms with E-state index in [1.54, 1.807) is 18.3 Å². The Labute approximate surface area is 111 Å². The molecular weight excluding hydrogens is 242 g/mol. The SMILES string of the molecule is O=Cc1cccnc1Oc1ccc(CCCO)cc1. The van der Waals surface area contributed by atoms with Crippen LogP contribution in [0.4, 0.5) is 0 Å². The third-order valence-electron chi connectivity index (χ3n) is 2.69. The van der Waals surface area contributed by atoms with Crippen LogP contribution in [0, 0.1) is 0 Å². The highest BCUT2D eigenvalue weighted by molar-refractivity contribution is 5.78. The molecule has 0 fully saturated rings. The van der Waals surface area contributed by atoms with Crippen molar-refractivity contribution in [1.29, 1.82) is 0 Å². The molecule has 2 aromatic rings. The lowest BCUT2D eigenvalue weighted by atomic mass is 10.1. The van der Waals surface area contributed by atoms with Gasteiger partial charge in [0.2, 0.25) is 5.88 Å². The maximum Gasteiger partial charge on any atom is 0.229 e. The first-order valence-corrected chi connectivity index (χ1v) is 6.11. The van der Waals surface area contributed by atoms with Gasteiger partial charge in [-0.15, -0.1) is 0 Å². The highest BCUT2D eigenvalue weighted by Gasteiger charge is 2.04. The third-order valence-corrected chi connectivity index (χ3v) is 2.69. The number of rotatable bonds is 6. The molecule has 0 aliphatic carbocycles. The number of hydrogen-bond donors (Lipinski definition) is 1. The number of pyridine rings is 1. The van der Waals surface area contributed by atoms with Gasteiger partial charge >= 0.3 is 0 Å². The number of aromatic nitrogens is 1. The molecule has 0 radical (unpaired) electrons. The number of nitrogens with zero attached hydrogens (tertiary/aromatic N) is 1. The molecule has 0 atom stereocenters. The van der Waals surface area contributed by atoms with E-state index in [0.29, 0.717) is 17.2 Å². The van der Waals surface area contributed by atoms with Crippen molar-refractivity contribution in [2.24, 2.45) is 0 Å². The van der Waals surface area contributed by atoms with Crippen LogP contribution in [-0.2, 0) is 6.42 Å². The molecule has 0 aliphatic rings. The first-order valence-electron chi connectivity index (χ1n) is 6.11. The second-order valence-corrected chi connectivity index (χ2v) is 4.09. The van der Waals surface area contributed by atoms with Crippen LogP contribution in [0.2, 0.25) is 0 Å². The van der Waals surface area contributed by atoms with Gasteiger partial charge in [0.15, 0.2) is 6.29 Å². The number of carbonyl (C=O) groups excluding carboxylic acids is 1. The zero-order chi connectivity index (χ0) is 13.5. The van der Waals surface area contributed by atoms with Gasteiger partial charge in [0.25, 0.3) is 0 Å². The van der Waals surface area contributed by atoms with E-state index in [0.717, 1.165) is 24.7 Å². The van der Waals surface area contributed by atoms with Gasteiger partial charge in [-0.3, -0.25) is 4.79 Å². The molecule has 0 unspecified atom stereocenters. The number of aryl methyl sites for hydroxylation is 1. The number of aliphatic hydroxyl groups excluding tert-OH is 1. The Bertz CT molecular complexity index is 537. The molecule has 0 spiro atoms. The number of aliphatic hydroxyl groups is 1. The summed E-state index contributed by atoms with van der Waals surface area (Å²) in [5, 5.41) is 8.77. The van der Waals surface area contributed by atoms with Gasteiger partial charge < -0.3 is 9.84 Å². The average Bonchev–Trinajstić information content (AvgIpc) is 2.47. The normalized spacial score (nSPS) is 10.2. The summed E-state index contributed by atoms with van der Waals surface area (Å²) in [6.45, 7) is 0.189. The van der Waals surface area contributed by atoms with Crippen LogP contribution >= 0.6 is 0 Å². The molecule has 1 aromatic heterocycles. The lowest BCUT2D eigenvalue weighted by Gasteiger charge is -2.07. The van der Waals surface area contributed by atoms with Gasteiger partial charge in [0, 0.05) is 12.8 Å². The summed E-state index contributed by atoms with van der Waals surface area (Å²) in [6.07, 6.45) is 3.88. The van der Waals surface area contributed by atoms with Crippen LogP contribution in [0.25, 0.3) is 0 Å². The Balaban J connectivity index is 2.08. The summed E-state index contributed by atoms with van der Waals surface area (Å²) in [5.41, 5.74) is 1.56. The Morgan fingerprint density at radius 3 is 2.68 bits per heavy atom. The summed E-state index contributed by atoms with van der Waals surface area (Å²) in [5.74, 6) is 0.940. The van der Waals surface area contributed by atoms with Crippen molar-refractivity contribution in [2.75, 3.05) is 6.61 Å². The van der Waals surface area contributed by atoms with E-state index < -0.39 is 0 Å². The average molecular weight is 257 g/mol. The summed E-state index contributed by atoms with van der Waals surface area (Å²) in [6, 6.07) is 10.9. The predicted molar refractivity (Wildman–Crippen MR) is 71.5 cm³/mol. The molecule has 1 heterocycles. The van der Waals surface area contributed by atoms with Gasteiger partial charge in [-0.25, -0.2) is 4.98 Å². The van der Waals surface area contributed by atoms with Crippen LogP contribution in [0.3, 0.4) is 0 Å². The van der Waals surface area contributed by atoms with E-state index in [1.165, 1.54) is 0 Å². The predicted octanol–water partition coefficient (Wildman–Crippen LogP) is 2.61. The van der Waals surface area contributed by atoms with Gasteiger partial charge in [0.1, 0.15) is 5.75 Å². The van der Waals surface area contributed by atoms with Gasteiger partial charge in [0.05, 0.1) is 5.56 Å². The molecule has 0 bridgehead atoms. The number of ether oxygens (including phenoxy) is 1. The quantitative estimate of drug-likeness (QED) is 0.808. The topological polar surface area (TPSA) is 59.4 Å². The van der Waals surface area contributed by atoms with Crippen molar-refractivity contribution in [3.8, 4) is 11.6 Å². The minimum atomic E-state index is 0.189. The first-order chi connectivity index (χ1) is 9.33. The molecule has 0 amide bonds. The zero-order valence-electron chi connectivity index (χ0n) is 10.5. The van der Waals surface area contributed by atoms with Crippen LogP contribution in [0.5, 0.6) is 11.6 Å². The summed E-state index contributed by atoms with van der Waals surface area (Å²) < 4.78 is 5.57. The van der Waals surface area contributed by atoms with Crippen LogP contribution in [0.15, 0.2) is 42.6 Å². The highest BCUT2D eigenvalue weighted by atomic mass is 16.5. The van der Waals surface area contributed by atoms with E-state index in [9.17, 15) is 4.79 Å². The van der Waals surface area contributed by atoms with E-state index in [1.807, 2.05) is 24.3 Å². The molecule has 4 nitrogen and oxygen atoms in total. The van der Waals surface area contributed by atoms with Crippen molar-refractivity contribution < 1.29 is 14.6 Å². The largest absolute Gasteiger partial charge is 0.438 e. The molecule has 4 heteroatoms. The van der Waals surface area contributed by atoms with Gasteiger partial charge in [-0.2, -0.15) is 0 Å². The minimum absolute atomic E-state index is 0.189. The summed E-state index contributed by atoms with van der Waals surface area (Å²) >= 11 is 0. The fourth-order valence-corrected chi connectivity index (χ4v) is 1.70. The van der Waals surface area contributed by atoms with Crippen molar-refractivity contribution in [1.82, 2.24) is 4.98 Å². The zero-order valence-corrected chi connectivity index (χ0v) is 10.5. The van der Waals surface area contributed by atoms with Crippen molar-refractivity contribution in [3.05, 3.63) is 53.7 Å². The van der Waals surface area contributed by atoms with E-state index in [2.05, 4.69) is 4.98 Å². The molecule has 1 aromatic carbocycles. The maximum atomic E-state index is 10.8. The first kappa shape index (κ1) is 13.2. The van der Waals surface area contributed by atoms with Crippen LogP contribution in [0.1, 0.15) is 22.3 Å². The number of benzene rings is 1. The smallest absolute Gasteiger partial charge is 0.229 e. The highest BCUT2D eigenvalue weighted by Crippen LogP contribution is 2.22. The van der Waals surface area contributed by atoms with Crippen LogP contribution in [-0.4, -0.2) is 23.0 Å². The Morgan fingerprint density at radius 2 is 2.00 bits per heavy atom. The Morgan fingerprint density at radius 1 is 1.21 bits per heavy atom. The second kappa shape index (κ2) is 6.66. The van der Waals surface area contributed by atoms with E-state index in [4.69, 9.17) is 9.84 Å². The van der Waals surface area contributed by atoms with E-state index >= 15 is 0 Å². The van der Waals surface area contributed by atoms with Crippen molar-refractivity contribution >= 4 is 6.29 Å². The van der Waals surface area contributed by atoms with Gasteiger partial charge in [-0.1, -0.05) is 12.1 Å². The third kappa shape index (κ3) is 3.63. The maximum absolute atomic E-state index is 10.8. The summed E-state index contributed by atoms with van der Waals surface area (Å²) in [4.78, 5) is 14.9. The molecule has 98 valence electrons. The van der Waals surface area contributed by atoms with Crippen LogP contribution < -0.4 is 4.74 Å².